The van der Waals surface area contributed by atoms with Crippen LogP contribution in [0.4, 0.5) is 0 Å². The summed E-state index contributed by atoms with van der Waals surface area (Å²) in [6, 6.07) is 13.5. The van der Waals surface area contributed by atoms with E-state index in [2.05, 4.69) is 19.2 Å². The number of amides is 1. The Morgan fingerprint density at radius 2 is 1.69 bits per heavy atom. The van der Waals surface area contributed by atoms with Crippen LogP contribution in [0, 0.1) is 19.3 Å². The molecule has 2 aromatic carbocycles. The van der Waals surface area contributed by atoms with Crippen LogP contribution in [0.2, 0.25) is 0 Å². The molecule has 0 spiro atoms. The number of ether oxygens (including phenoxy) is 3. The van der Waals surface area contributed by atoms with E-state index in [9.17, 15) is 4.79 Å². The average molecular weight is 413 g/mol. The minimum Gasteiger partial charge on any atom is -0.491 e. The van der Waals surface area contributed by atoms with Gasteiger partial charge in [-0.25, -0.2) is 0 Å². The number of benzene rings is 2. The standard InChI is InChI=1S/C22H24N2O4S/c1-15-6-7-19(12-16(15)2)28-11-9-26-8-10-27-18-5-3-4-17(13-18)14-20-21(25)24-22(23)29-20/h3-7,12-14H,8-11H2,1-2H3,(H2,23,24,25)/b20-14-. The third-order valence-corrected chi connectivity index (χ3v) is 5.12. The van der Waals surface area contributed by atoms with Gasteiger partial charge in [-0.1, -0.05) is 18.2 Å². The van der Waals surface area contributed by atoms with E-state index in [0.29, 0.717) is 37.1 Å². The Hall–Kier alpha value is -2.77. The quantitative estimate of drug-likeness (QED) is 0.482. The molecule has 1 amide bonds. The summed E-state index contributed by atoms with van der Waals surface area (Å²) in [5, 5.41) is 10.1. The zero-order valence-electron chi connectivity index (χ0n) is 16.5. The lowest BCUT2D eigenvalue weighted by molar-refractivity contribution is -0.115. The lowest BCUT2D eigenvalue weighted by atomic mass is 10.1. The molecule has 0 radical (unpaired) electrons. The van der Waals surface area contributed by atoms with Crippen molar-refractivity contribution in [2.24, 2.45) is 0 Å². The van der Waals surface area contributed by atoms with Gasteiger partial charge in [0.25, 0.3) is 5.91 Å². The first-order valence-corrected chi connectivity index (χ1v) is 10.1. The molecule has 3 rings (SSSR count). The van der Waals surface area contributed by atoms with Crippen molar-refractivity contribution < 1.29 is 19.0 Å². The molecule has 152 valence electrons. The maximum Gasteiger partial charge on any atom is 0.264 e. The number of hydrogen-bond acceptors (Lipinski definition) is 6. The van der Waals surface area contributed by atoms with E-state index < -0.39 is 0 Å². The normalized spacial score (nSPS) is 14.9. The van der Waals surface area contributed by atoms with Crippen LogP contribution in [0.1, 0.15) is 16.7 Å². The monoisotopic (exact) mass is 412 g/mol. The van der Waals surface area contributed by atoms with Gasteiger partial charge in [-0.2, -0.15) is 0 Å². The maximum atomic E-state index is 11.7. The van der Waals surface area contributed by atoms with Gasteiger partial charge in [0.05, 0.1) is 18.1 Å². The zero-order valence-corrected chi connectivity index (χ0v) is 17.3. The number of rotatable bonds is 9. The van der Waals surface area contributed by atoms with Gasteiger partial charge in [-0.15, -0.1) is 0 Å². The summed E-state index contributed by atoms with van der Waals surface area (Å²) in [5.41, 5.74) is 3.30. The van der Waals surface area contributed by atoms with Crippen LogP contribution in [0.5, 0.6) is 11.5 Å². The summed E-state index contributed by atoms with van der Waals surface area (Å²) >= 11 is 1.11. The topological polar surface area (TPSA) is 80.6 Å². The molecule has 29 heavy (non-hydrogen) atoms. The zero-order chi connectivity index (χ0) is 20.6. The number of thioether (sulfide) groups is 1. The highest BCUT2D eigenvalue weighted by Gasteiger charge is 2.22. The van der Waals surface area contributed by atoms with E-state index >= 15 is 0 Å². The number of carbonyl (C=O) groups excluding carboxylic acids is 1. The Bertz CT molecular complexity index is 927. The summed E-state index contributed by atoms with van der Waals surface area (Å²) in [7, 11) is 0. The van der Waals surface area contributed by atoms with Gasteiger partial charge in [0, 0.05) is 0 Å². The van der Waals surface area contributed by atoms with E-state index in [1.165, 1.54) is 11.1 Å². The molecule has 1 fully saturated rings. The fraction of sp³-hybridized carbons (Fsp3) is 0.273. The number of aryl methyl sites for hydroxylation is 2. The van der Waals surface area contributed by atoms with Gasteiger partial charge < -0.3 is 19.5 Å². The van der Waals surface area contributed by atoms with E-state index in [-0.39, 0.29) is 11.1 Å². The van der Waals surface area contributed by atoms with Crippen molar-refractivity contribution in [2.45, 2.75) is 13.8 Å². The third kappa shape index (κ3) is 6.37. The fourth-order valence-electron chi connectivity index (χ4n) is 2.63. The van der Waals surface area contributed by atoms with Crippen LogP contribution in [-0.4, -0.2) is 37.5 Å². The molecular weight excluding hydrogens is 388 g/mol. The predicted octanol–water partition coefficient (Wildman–Crippen LogP) is 3.92. The van der Waals surface area contributed by atoms with E-state index in [1.54, 1.807) is 6.08 Å². The maximum absolute atomic E-state index is 11.7. The molecule has 1 aliphatic rings. The summed E-state index contributed by atoms with van der Waals surface area (Å²) < 4.78 is 16.9. The fourth-order valence-corrected chi connectivity index (χ4v) is 3.33. The highest BCUT2D eigenvalue weighted by molar-refractivity contribution is 8.18. The van der Waals surface area contributed by atoms with Crippen molar-refractivity contribution in [1.82, 2.24) is 5.32 Å². The first-order chi connectivity index (χ1) is 14.0. The lowest BCUT2D eigenvalue weighted by Gasteiger charge is -2.10. The van der Waals surface area contributed by atoms with E-state index in [1.807, 2.05) is 42.5 Å². The Labute approximate surface area is 174 Å². The predicted molar refractivity (Wildman–Crippen MR) is 116 cm³/mol. The van der Waals surface area contributed by atoms with Crippen LogP contribution in [0.25, 0.3) is 6.08 Å². The Morgan fingerprint density at radius 3 is 2.34 bits per heavy atom. The second kappa shape index (κ2) is 10.1. The lowest BCUT2D eigenvalue weighted by Crippen LogP contribution is -2.18. The first-order valence-electron chi connectivity index (χ1n) is 9.31. The number of amidine groups is 1. The summed E-state index contributed by atoms with van der Waals surface area (Å²) in [5.74, 6) is 1.30. The smallest absolute Gasteiger partial charge is 0.264 e. The van der Waals surface area contributed by atoms with Crippen molar-refractivity contribution in [1.29, 1.82) is 5.41 Å². The number of hydrogen-bond donors (Lipinski definition) is 2. The molecule has 7 heteroatoms. The Balaban J connectivity index is 1.36. The Kier molecular flexibility index (Phi) is 7.32. The largest absolute Gasteiger partial charge is 0.491 e. The number of nitrogens with one attached hydrogen (secondary N) is 2. The molecule has 1 heterocycles. The molecule has 6 nitrogen and oxygen atoms in total. The molecule has 2 aromatic rings. The molecule has 1 saturated heterocycles. The molecule has 0 bridgehead atoms. The molecule has 0 aliphatic carbocycles. The van der Waals surface area contributed by atoms with E-state index in [4.69, 9.17) is 19.6 Å². The average Bonchev–Trinajstić information content (AvgIpc) is 3.01. The minimum atomic E-state index is -0.247. The van der Waals surface area contributed by atoms with Crippen molar-refractivity contribution >= 4 is 28.9 Å². The molecule has 1 aliphatic heterocycles. The molecule has 0 saturated carbocycles. The highest BCUT2D eigenvalue weighted by atomic mass is 32.2. The van der Waals surface area contributed by atoms with Crippen molar-refractivity contribution in [3.05, 3.63) is 64.1 Å². The molecule has 0 atom stereocenters. The SMILES string of the molecule is Cc1ccc(OCCOCCOc2cccc(/C=C3\SC(=N)NC3=O)c2)cc1C. The van der Waals surface area contributed by atoms with Crippen molar-refractivity contribution in [2.75, 3.05) is 26.4 Å². The second-order valence-electron chi connectivity index (χ2n) is 6.52. The van der Waals surface area contributed by atoms with Crippen LogP contribution in [0.15, 0.2) is 47.4 Å². The first kappa shape index (κ1) is 21.0. The van der Waals surface area contributed by atoms with Gasteiger partial charge >= 0.3 is 0 Å². The van der Waals surface area contributed by atoms with Gasteiger partial charge in [-0.05, 0) is 72.6 Å². The van der Waals surface area contributed by atoms with Crippen LogP contribution < -0.4 is 14.8 Å². The van der Waals surface area contributed by atoms with E-state index in [0.717, 1.165) is 23.1 Å². The third-order valence-electron chi connectivity index (χ3n) is 4.29. The Morgan fingerprint density at radius 1 is 0.966 bits per heavy atom. The van der Waals surface area contributed by atoms with Crippen LogP contribution in [0.3, 0.4) is 0 Å². The van der Waals surface area contributed by atoms with Gasteiger partial charge in [0.2, 0.25) is 0 Å². The molecule has 0 aromatic heterocycles. The van der Waals surface area contributed by atoms with Crippen LogP contribution >= 0.6 is 11.8 Å². The highest BCUT2D eigenvalue weighted by Crippen LogP contribution is 2.26. The summed E-state index contributed by atoms with van der Waals surface area (Å²) in [6.45, 7) is 5.99. The van der Waals surface area contributed by atoms with Crippen LogP contribution in [-0.2, 0) is 9.53 Å². The van der Waals surface area contributed by atoms with Gasteiger partial charge in [-0.3, -0.25) is 10.2 Å². The van der Waals surface area contributed by atoms with Gasteiger partial charge in [0.1, 0.15) is 24.7 Å². The molecular formula is C22H24N2O4S. The number of carbonyl (C=O) groups is 1. The molecule has 0 unspecified atom stereocenters. The van der Waals surface area contributed by atoms with Gasteiger partial charge in [0.15, 0.2) is 5.17 Å². The van der Waals surface area contributed by atoms with Crippen molar-refractivity contribution in [3.63, 3.8) is 0 Å². The minimum absolute atomic E-state index is 0.146. The summed E-state index contributed by atoms with van der Waals surface area (Å²) in [6.07, 6.45) is 1.75. The van der Waals surface area contributed by atoms with Crippen molar-refractivity contribution in [3.8, 4) is 11.5 Å². The molecule has 2 N–H and O–H groups in total. The second-order valence-corrected chi connectivity index (χ2v) is 7.57. The summed E-state index contributed by atoms with van der Waals surface area (Å²) in [4.78, 5) is 12.2.